The first-order valence-corrected chi connectivity index (χ1v) is 8.15. The summed E-state index contributed by atoms with van der Waals surface area (Å²) in [5.41, 5.74) is -2.64. The minimum Gasteiger partial charge on any atom is -0.312 e. The smallest absolute Gasteiger partial charge is 0.282 e. The summed E-state index contributed by atoms with van der Waals surface area (Å²) in [4.78, 5) is 0. The van der Waals surface area contributed by atoms with Crippen LogP contribution in [-0.2, 0) is 15.7 Å². The average molecular weight is 389 g/mol. The summed E-state index contributed by atoms with van der Waals surface area (Å²) in [5.74, 6) is -0.899. The van der Waals surface area contributed by atoms with Crippen molar-refractivity contribution in [2.24, 2.45) is 0 Å². The molecule has 2 rings (SSSR count). The van der Waals surface area contributed by atoms with Gasteiger partial charge in [0.25, 0.3) is 16.5 Å². The highest BCUT2D eigenvalue weighted by atomic mass is 79.9. The van der Waals surface area contributed by atoms with E-state index in [1.165, 1.54) is 6.07 Å². The van der Waals surface area contributed by atoms with E-state index in [4.69, 9.17) is 4.55 Å². The van der Waals surface area contributed by atoms with Gasteiger partial charge in [-0.25, -0.2) is 13.2 Å². The van der Waals surface area contributed by atoms with E-state index in [0.29, 0.717) is 4.47 Å². The Morgan fingerprint density at radius 3 is 2.67 bits per heavy atom. The molecular weight excluding hydrogens is 377 g/mol. The third kappa shape index (κ3) is 3.24. The molecule has 0 saturated carbocycles. The predicted octanol–water partition coefficient (Wildman–Crippen LogP) is 1.46. The van der Waals surface area contributed by atoms with E-state index in [2.05, 4.69) is 26.6 Å². The van der Waals surface area contributed by atoms with Gasteiger partial charge in [-0.15, -0.1) is 0 Å². The molecular formula is C11H12BrF3N2O3S. The van der Waals surface area contributed by atoms with Gasteiger partial charge in [0.1, 0.15) is 16.7 Å². The normalized spacial score (nSPS) is 27.0. The predicted molar refractivity (Wildman–Crippen MR) is 73.1 cm³/mol. The van der Waals surface area contributed by atoms with Crippen molar-refractivity contribution in [1.82, 2.24) is 10.6 Å². The maximum atomic E-state index is 13.9. The molecule has 0 spiro atoms. The highest BCUT2D eigenvalue weighted by Crippen LogP contribution is 2.34. The lowest BCUT2D eigenvalue weighted by molar-refractivity contribution is 0.0121. The van der Waals surface area contributed by atoms with E-state index >= 15 is 0 Å². The average Bonchev–Trinajstić information content (AvgIpc) is 2.40. The molecule has 1 aliphatic rings. The van der Waals surface area contributed by atoms with Crippen LogP contribution in [0.15, 0.2) is 22.7 Å². The molecule has 1 heterocycles. The number of alkyl halides is 2. The molecule has 1 aliphatic heterocycles. The quantitative estimate of drug-likeness (QED) is 0.683. The second kappa shape index (κ2) is 5.84. The van der Waals surface area contributed by atoms with Crippen molar-refractivity contribution in [1.29, 1.82) is 0 Å². The first-order chi connectivity index (χ1) is 9.67. The summed E-state index contributed by atoms with van der Waals surface area (Å²) >= 11 is 3.06. The van der Waals surface area contributed by atoms with Gasteiger partial charge in [0, 0.05) is 23.1 Å². The fourth-order valence-electron chi connectivity index (χ4n) is 2.24. The van der Waals surface area contributed by atoms with Gasteiger partial charge in [-0.05, 0) is 18.2 Å². The van der Waals surface area contributed by atoms with E-state index in [0.717, 1.165) is 12.1 Å². The zero-order valence-corrected chi connectivity index (χ0v) is 12.9. The number of rotatable bonds is 3. The first kappa shape index (κ1) is 16.7. The van der Waals surface area contributed by atoms with Crippen LogP contribution in [0.4, 0.5) is 13.2 Å². The lowest BCUT2D eigenvalue weighted by Gasteiger charge is -2.41. The molecule has 21 heavy (non-hydrogen) atoms. The highest BCUT2D eigenvalue weighted by molar-refractivity contribution is 9.10. The van der Waals surface area contributed by atoms with E-state index < -0.39 is 33.3 Å². The zero-order chi connectivity index (χ0) is 15.8. The van der Waals surface area contributed by atoms with Gasteiger partial charge in [-0.2, -0.15) is 8.42 Å². The molecule has 118 valence electrons. The second-order valence-electron chi connectivity index (χ2n) is 4.68. The molecule has 1 saturated heterocycles. The van der Waals surface area contributed by atoms with E-state index in [9.17, 15) is 21.6 Å². The highest BCUT2D eigenvalue weighted by Gasteiger charge is 2.49. The van der Waals surface area contributed by atoms with Crippen molar-refractivity contribution >= 4 is 26.0 Å². The molecule has 0 radical (unpaired) electrons. The van der Waals surface area contributed by atoms with Gasteiger partial charge in [0.15, 0.2) is 0 Å². The van der Waals surface area contributed by atoms with Crippen LogP contribution in [0.1, 0.15) is 5.56 Å². The monoisotopic (exact) mass is 388 g/mol. The van der Waals surface area contributed by atoms with E-state index in [-0.39, 0.29) is 18.7 Å². The topological polar surface area (TPSA) is 78.4 Å². The number of halogens is 4. The molecule has 10 heteroatoms. The summed E-state index contributed by atoms with van der Waals surface area (Å²) in [5, 5.41) is 3.02. The molecule has 0 aliphatic carbocycles. The minimum absolute atomic E-state index is 0.261. The van der Waals surface area contributed by atoms with Gasteiger partial charge >= 0.3 is 0 Å². The molecule has 3 N–H and O–H groups in total. The molecule has 0 amide bonds. The SMILES string of the molecule is O=S(=O)(O)C1CNCC(c2cc(Br)ccc2F)(C(F)F)N1. The summed E-state index contributed by atoms with van der Waals surface area (Å²) in [6.45, 7) is -0.646. The Morgan fingerprint density at radius 2 is 2.10 bits per heavy atom. The Labute approximate surface area is 127 Å². The fraction of sp³-hybridized carbons (Fsp3) is 0.455. The lowest BCUT2D eigenvalue weighted by atomic mass is 9.88. The largest absolute Gasteiger partial charge is 0.312 e. The van der Waals surface area contributed by atoms with Crippen molar-refractivity contribution < 1.29 is 26.1 Å². The molecule has 1 aromatic rings. The Balaban J connectivity index is 2.53. The Hall–Kier alpha value is -0.680. The Bertz CT molecular complexity index is 644. The van der Waals surface area contributed by atoms with Crippen LogP contribution in [0.2, 0.25) is 0 Å². The zero-order valence-electron chi connectivity index (χ0n) is 10.5. The summed E-state index contributed by atoms with van der Waals surface area (Å²) in [7, 11) is -4.60. The van der Waals surface area contributed by atoms with Crippen molar-refractivity contribution in [3.63, 3.8) is 0 Å². The second-order valence-corrected chi connectivity index (χ2v) is 7.19. The van der Waals surface area contributed by atoms with Gasteiger partial charge in [0.05, 0.1) is 0 Å². The lowest BCUT2D eigenvalue weighted by Crippen LogP contribution is -2.66. The van der Waals surface area contributed by atoms with Crippen molar-refractivity contribution in [2.75, 3.05) is 13.1 Å². The third-order valence-electron chi connectivity index (χ3n) is 3.29. The van der Waals surface area contributed by atoms with Crippen LogP contribution in [0.25, 0.3) is 0 Å². The van der Waals surface area contributed by atoms with Crippen LogP contribution in [0.5, 0.6) is 0 Å². The van der Waals surface area contributed by atoms with Crippen molar-refractivity contribution in [2.45, 2.75) is 17.3 Å². The molecule has 2 atom stereocenters. The van der Waals surface area contributed by atoms with Crippen LogP contribution < -0.4 is 10.6 Å². The molecule has 0 aromatic heterocycles. The standard InChI is InChI=1S/C11H12BrF3N2O3S/c12-6-1-2-8(13)7(3-6)11(10(14)15)5-16-4-9(17-11)21(18,19)20/h1-3,9-10,16-17H,4-5H2,(H,18,19,20). The molecule has 0 bridgehead atoms. The number of hydrogen-bond donors (Lipinski definition) is 3. The van der Waals surface area contributed by atoms with Crippen LogP contribution in [0.3, 0.4) is 0 Å². The third-order valence-corrected chi connectivity index (χ3v) is 4.79. The number of piperazine rings is 1. The van der Waals surface area contributed by atoms with Gasteiger partial charge in [0.2, 0.25) is 0 Å². The van der Waals surface area contributed by atoms with Gasteiger partial charge in [-0.1, -0.05) is 15.9 Å². The molecule has 1 aromatic carbocycles. The summed E-state index contributed by atoms with van der Waals surface area (Å²) < 4.78 is 72.9. The van der Waals surface area contributed by atoms with Gasteiger partial charge < -0.3 is 5.32 Å². The minimum atomic E-state index is -4.60. The fourth-order valence-corrected chi connectivity index (χ4v) is 3.29. The summed E-state index contributed by atoms with van der Waals surface area (Å²) in [6, 6.07) is 3.50. The Morgan fingerprint density at radius 1 is 1.43 bits per heavy atom. The van der Waals surface area contributed by atoms with Crippen molar-refractivity contribution in [3.05, 3.63) is 34.1 Å². The maximum Gasteiger partial charge on any atom is 0.282 e. The number of hydrogen-bond acceptors (Lipinski definition) is 4. The van der Waals surface area contributed by atoms with Crippen LogP contribution in [-0.4, -0.2) is 37.9 Å². The van der Waals surface area contributed by atoms with Gasteiger partial charge in [-0.3, -0.25) is 9.87 Å². The van der Waals surface area contributed by atoms with Crippen molar-refractivity contribution in [3.8, 4) is 0 Å². The number of benzene rings is 1. The van der Waals surface area contributed by atoms with E-state index in [1.807, 2.05) is 0 Å². The summed E-state index contributed by atoms with van der Waals surface area (Å²) in [6.07, 6.45) is -3.10. The first-order valence-electron chi connectivity index (χ1n) is 5.85. The number of nitrogens with one attached hydrogen (secondary N) is 2. The van der Waals surface area contributed by atoms with Crippen LogP contribution in [0, 0.1) is 5.82 Å². The molecule has 5 nitrogen and oxygen atoms in total. The maximum absolute atomic E-state index is 13.9. The molecule has 1 fully saturated rings. The van der Waals surface area contributed by atoms with Crippen LogP contribution >= 0.6 is 15.9 Å². The Kier molecular flexibility index (Phi) is 4.64. The van der Waals surface area contributed by atoms with E-state index in [1.54, 1.807) is 0 Å². The molecule has 2 unspecified atom stereocenters.